The molecule has 46 heavy (non-hydrogen) atoms. The van der Waals surface area contributed by atoms with E-state index < -0.39 is 0 Å². The van der Waals surface area contributed by atoms with Crippen LogP contribution in [0, 0.1) is 0 Å². The lowest BCUT2D eigenvalue weighted by atomic mass is 10.0. The molecule has 0 bridgehead atoms. The maximum atomic E-state index is 13.1. The molecule has 9 nitrogen and oxygen atoms in total. The standard InChI is InChI=1S/C36H31N7O2S/c37-35-33-30(18-32(45-33)29-11-5-9-25-20-40-46-34(25)29)31(21-38-35)26-19-39-43(22-26)28-12-14-42(15-13-28)36(44)41-27-10-4-8-24(17-27)16-23-6-2-1-3-7-23/h1-11,17-22,28H,12-16H2,(H2,37,38)(H,41,44). The molecule has 1 aliphatic rings. The van der Waals surface area contributed by atoms with Crippen molar-refractivity contribution < 1.29 is 9.21 Å². The molecule has 3 aromatic carbocycles. The summed E-state index contributed by atoms with van der Waals surface area (Å²) >= 11 is 1.45. The molecule has 10 heteroatoms. The van der Waals surface area contributed by atoms with E-state index in [2.05, 4.69) is 45.1 Å². The molecule has 1 aliphatic heterocycles. The van der Waals surface area contributed by atoms with Gasteiger partial charge in [-0.25, -0.2) is 9.78 Å². The fourth-order valence-electron chi connectivity index (χ4n) is 6.30. The molecule has 4 aromatic heterocycles. The Kier molecular flexibility index (Phi) is 7.18. The van der Waals surface area contributed by atoms with Crippen LogP contribution in [-0.2, 0) is 6.42 Å². The minimum atomic E-state index is -0.0726. The zero-order chi connectivity index (χ0) is 31.0. The van der Waals surface area contributed by atoms with E-state index in [1.165, 1.54) is 17.1 Å². The highest BCUT2D eigenvalue weighted by Crippen LogP contribution is 2.39. The summed E-state index contributed by atoms with van der Waals surface area (Å²) in [6, 6.07) is 26.6. The van der Waals surface area contributed by atoms with Crippen LogP contribution >= 0.6 is 11.5 Å². The summed E-state index contributed by atoms with van der Waals surface area (Å²) in [6.45, 7) is 1.30. The first-order valence-corrected chi connectivity index (χ1v) is 16.1. The minimum Gasteiger partial charge on any atom is -0.452 e. The van der Waals surface area contributed by atoms with Crippen molar-refractivity contribution in [3.8, 4) is 22.5 Å². The predicted molar refractivity (Wildman–Crippen MR) is 183 cm³/mol. The minimum absolute atomic E-state index is 0.0726. The first kappa shape index (κ1) is 28.0. The third kappa shape index (κ3) is 5.37. The van der Waals surface area contributed by atoms with Crippen molar-refractivity contribution in [2.75, 3.05) is 24.1 Å². The van der Waals surface area contributed by atoms with Crippen molar-refractivity contribution >= 4 is 50.1 Å². The number of nitrogens with two attached hydrogens (primary N) is 1. The number of carbonyl (C=O) groups is 1. The molecule has 3 N–H and O–H groups in total. The summed E-state index contributed by atoms with van der Waals surface area (Å²) in [5.74, 6) is 1.08. The molecule has 0 saturated carbocycles. The number of urea groups is 1. The van der Waals surface area contributed by atoms with Crippen LogP contribution in [0.4, 0.5) is 16.3 Å². The van der Waals surface area contributed by atoms with E-state index in [0.717, 1.165) is 68.4 Å². The highest BCUT2D eigenvalue weighted by molar-refractivity contribution is 7.13. The van der Waals surface area contributed by atoms with Gasteiger partial charge >= 0.3 is 6.03 Å². The molecule has 0 aliphatic carbocycles. The second kappa shape index (κ2) is 11.8. The zero-order valence-corrected chi connectivity index (χ0v) is 25.8. The van der Waals surface area contributed by atoms with Gasteiger partial charge in [-0.15, -0.1) is 0 Å². The molecule has 5 heterocycles. The highest BCUT2D eigenvalue weighted by Gasteiger charge is 2.25. The largest absolute Gasteiger partial charge is 0.452 e. The topological polar surface area (TPSA) is 115 Å². The number of pyridine rings is 1. The van der Waals surface area contributed by atoms with Crippen molar-refractivity contribution in [3.05, 3.63) is 115 Å². The van der Waals surface area contributed by atoms with Gasteiger partial charge in [0.1, 0.15) is 5.76 Å². The van der Waals surface area contributed by atoms with E-state index in [4.69, 9.17) is 15.2 Å². The number of fused-ring (bicyclic) bond motifs is 2. The smallest absolute Gasteiger partial charge is 0.321 e. The Hall–Kier alpha value is -5.48. The van der Waals surface area contributed by atoms with Gasteiger partial charge in [0.2, 0.25) is 0 Å². The summed E-state index contributed by atoms with van der Waals surface area (Å²) in [5, 5.41) is 9.79. The second-order valence-electron chi connectivity index (χ2n) is 11.7. The Labute approximate surface area is 269 Å². The van der Waals surface area contributed by atoms with Crippen LogP contribution in [-0.4, -0.2) is 43.2 Å². The van der Waals surface area contributed by atoms with Crippen LogP contribution in [0.25, 0.3) is 43.5 Å². The number of rotatable bonds is 6. The van der Waals surface area contributed by atoms with E-state index in [1.54, 1.807) is 6.20 Å². The van der Waals surface area contributed by atoms with Crippen LogP contribution in [0.15, 0.2) is 108 Å². The van der Waals surface area contributed by atoms with Gasteiger partial charge in [0.15, 0.2) is 11.4 Å². The van der Waals surface area contributed by atoms with Crippen molar-refractivity contribution in [1.82, 2.24) is 24.0 Å². The molecule has 7 aromatic rings. The van der Waals surface area contributed by atoms with Crippen LogP contribution in [0.1, 0.15) is 30.0 Å². The Bertz CT molecular complexity index is 2180. The average Bonchev–Trinajstić information content (AvgIpc) is 3.86. The number of likely N-dealkylation sites (tertiary alicyclic amines) is 1. The quantitative estimate of drug-likeness (QED) is 0.193. The van der Waals surface area contributed by atoms with Crippen LogP contribution in [0.5, 0.6) is 0 Å². The normalized spacial score (nSPS) is 13.9. The van der Waals surface area contributed by atoms with Gasteiger partial charge in [0.25, 0.3) is 0 Å². The number of carbonyl (C=O) groups excluding carboxylic acids is 1. The van der Waals surface area contributed by atoms with E-state index in [1.807, 2.05) is 76.6 Å². The van der Waals surface area contributed by atoms with E-state index in [-0.39, 0.29) is 12.1 Å². The molecule has 8 rings (SSSR count). The molecule has 0 spiro atoms. The first-order chi connectivity index (χ1) is 22.6. The number of piperidine rings is 1. The third-order valence-electron chi connectivity index (χ3n) is 8.70. The van der Waals surface area contributed by atoms with Crippen molar-refractivity contribution in [2.45, 2.75) is 25.3 Å². The number of benzene rings is 3. The van der Waals surface area contributed by atoms with Gasteiger partial charge < -0.3 is 20.4 Å². The number of anilines is 2. The molecule has 0 unspecified atom stereocenters. The van der Waals surface area contributed by atoms with Gasteiger partial charge in [0.05, 0.1) is 16.9 Å². The van der Waals surface area contributed by atoms with Crippen LogP contribution in [0.2, 0.25) is 0 Å². The van der Waals surface area contributed by atoms with Gasteiger partial charge in [-0.2, -0.15) is 9.47 Å². The Morgan fingerprint density at radius 1 is 0.935 bits per heavy atom. The summed E-state index contributed by atoms with van der Waals surface area (Å²) in [6.07, 6.45) is 10.0. The van der Waals surface area contributed by atoms with Crippen molar-refractivity contribution in [2.24, 2.45) is 0 Å². The lowest BCUT2D eigenvalue weighted by Crippen LogP contribution is -2.41. The molecular formula is C36H31N7O2S. The van der Waals surface area contributed by atoms with Gasteiger partial charge in [-0.3, -0.25) is 4.68 Å². The Balaban J connectivity index is 0.952. The summed E-state index contributed by atoms with van der Waals surface area (Å²) in [5.41, 5.74) is 12.9. The van der Waals surface area contributed by atoms with Crippen LogP contribution < -0.4 is 11.1 Å². The summed E-state index contributed by atoms with van der Waals surface area (Å²) in [4.78, 5) is 19.5. The molecule has 1 saturated heterocycles. The van der Waals surface area contributed by atoms with E-state index in [0.29, 0.717) is 24.5 Å². The lowest BCUT2D eigenvalue weighted by molar-refractivity contribution is 0.180. The molecule has 0 atom stereocenters. The van der Waals surface area contributed by atoms with Gasteiger partial charge in [-0.05, 0) is 66.2 Å². The number of hydrogen-bond acceptors (Lipinski definition) is 7. The highest BCUT2D eigenvalue weighted by atomic mass is 32.1. The third-order valence-corrected chi connectivity index (χ3v) is 9.55. The SMILES string of the molecule is Nc1ncc(-c2cnn(C3CCN(C(=O)Nc4cccc(Cc5ccccc5)c4)CC3)c2)c2cc(-c3cccc4cnsc34)oc12. The van der Waals surface area contributed by atoms with E-state index >= 15 is 0 Å². The number of nitrogens with one attached hydrogen (secondary N) is 1. The number of nitrogens with zero attached hydrogens (tertiary/aromatic N) is 5. The number of hydrogen-bond donors (Lipinski definition) is 2. The fourth-order valence-corrected chi connectivity index (χ4v) is 7.06. The maximum absolute atomic E-state index is 13.1. The molecule has 0 radical (unpaired) electrons. The van der Waals surface area contributed by atoms with E-state index in [9.17, 15) is 4.79 Å². The van der Waals surface area contributed by atoms with Gasteiger partial charge in [0, 0.05) is 64.8 Å². The number of amides is 2. The predicted octanol–water partition coefficient (Wildman–Crippen LogP) is 8.01. The Morgan fingerprint density at radius 2 is 1.76 bits per heavy atom. The molecule has 2 amide bonds. The van der Waals surface area contributed by atoms with Crippen LogP contribution in [0.3, 0.4) is 0 Å². The number of nitrogen functional groups attached to an aromatic ring is 1. The summed E-state index contributed by atoms with van der Waals surface area (Å²) in [7, 11) is 0. The monoisotopic (exact) mass is 625 g/mol. The number of aromatic nitrogens is 4. The second-order valence-corrected chi connectivity index (χ2v) is 12.5. The number of furan rings is 1. The molecule has 1 fully saturated rings. The fraction of sp³-hybridized carbons (Fsp3) is 0.167. The van der Waals surface area contributed by atoms with Crippen molar-refractivity contribution in [3.63, 3.8) is 0 Å². The molecular weight excluding hydrogens is 595 g/mol. The lowest BCUT2D eigenvalue weighted by Gasteiger charge is -2.32. The Morgan fingerprint density at radius 3 is 2.63 bits per heavy atom. The molecule has 228 valence electrons. The summed E-state index contributed by atoms with van der Waals surface area (Å²) < 4.78 is 13.7. The zero-order valence-electron chi connectivity index (χ0n) is 25.0. The first-order valence-electron chi connectivity index (χ1n) is 15.3. The maximum Gasteiger partial charge on any atom is 0.321 e. The van der Waals surface area contributed by atoms with Gasteiger partial charge in [-0.1, -0.05) is 54.6 Å². The van der Waals surface area contributed by atoms with Crippen molar-refractivity contribution in [1.29, 1.82) is 0 Å². The average molecular weight is 626 g/mol.